The Hall–Kier alpha value is -3.52. The maximum absolute atomic E-state index is 12.9. The quantitative estimate of drug-likeness (QED) is 0.493. The Morgan fingerprint density at radius 1 is 1.11 bits per heavy atom. The number of amides is 1. The van der Waals surface area contributed by atoms with Crippen LogP contribution in [0.3, 0.4) is 0 Å². The lowest BCUT2D eigenvalue weighted by atomic mass is 10.0. The van der Waals surface area contributed by atoms with Gasteiger partial charge in [-0.1, -0.05) is 0 Å². The molecule has 8 heteroatoms. The number of pyridine rings is 1. The fraction of sp³-hybridized carbons (Fsp3) is 0.407. The van der Waals surface area contributed by atoms with Gasteiger partial charge in [0, 0.05) is 56.4 Å². The van der Waals surface area contributed by atoms with Crippen molar-refractivity contribution in [2.45, 2.75) is 31.7 Å². The van der Waals surface area contributed by atoms with E-state index in [9.17, 15) is 9.59 Å². The number of nitrogens with zero attached hydrogens (tertiary/aromatic N) is 2. The van der Waals surface area contributed by atoms with E-state index in [1.807, 2.05) is 43.6 Å². The molecule has 1 amide bonds. The van der Waals surface area contributed by atoms with Crippen LogP contribution in [0.2, 0.25) is 0 Å². The summed E-state index contributed by atoms with van der Waals surface area (Å²) in [7, 11) is 1.86. The summed E-state index contributed by atoms with van der Waals surface area (Å²) in [6.45, 7) is 5.25. The van der Waals surface area contributed by atoms with Crippen molar-refractivity contribution in [3.63, 3.8) is 0 Å². The molecule has 4 N–H and O–H groups in total. The number of nitrogens with one attached hydrogen (secondary N) is 4. The molecule has 1 aromatic carbocycles. The van der Waals surface area contributed by atoms with Crippen molar-refractivity contribution in [2.24, 2.45) is 0 Å². The summed E-state index contributed by atoms with van der Waals surface area (Å²) in [5.74, 6) is -0.291. The fourth-order valence-corrected chi connectivity index (χ4v) is 5.27. The van der Waals surface area contributed by atoms with Gasteiger partial charge in [-0.05, 0) is 86.3 Å². The van der Waals surface area contributed by atoms with Crippen molar-refractivity contribution < 1.29 is 4.79 Å². The first-order valence-electron chi connectivity index (χ1n) is 12.6. The number of likely N-dealkylation sites (N-methyl/N-ethyl adjacent to an activating group) is 1. The van der Waals surface area contributed by atoms with E-state index >= 15 is 0 Å². The van der Waals surface area contributed by atoms with Crippen molar-refractivity contribution in [3.05, 3.63) is 76.0 Å². The van der Waals surface area contributed by atoms with Gasteiger partial charge in [-0.25, -0.2) is 0 Å². The smallest absolute Gasteiger partial charge is 0.271 e. The molecule has 0 saturated carbocycles. The second kappa shape index (κ2) is 10.4. The maximum atomic E-state index is 12.9. The van der Waals surface area contributed by atoms with Crippen LogP contribution in [-0.4, -0.2) is 61.6 Å². The summed E-state index contributed by atoms with van der Waals surface area (Å²) < 4.78 is 0. The summed E-state index contributed by atoms with van der Waals surface area (Å²) in [5.41, 5.74) is 4.42. The molecule has 3 aliphatic rings. The number of hydrogen-bond donors (Lipinski definition) is 4. The first kappa shape index (κ1) is 23.2. The Kier molecular flexibility index (Phi) is 6.90. The zero-order chi connectivity index (χ0) is 24.2. The van der Waals surface area contributed by atoms with Gasteiger partial charge < -0.3 is 30.7 Å². The average Bonchev–Trinajstić information content (AvgIpc) is 3.58. The lowest BCUT2D eigenvalue weighted by Crippen LogP contribution is -2.39. The highest BCUT2D eigenvalue weighted by molar-refractivity contribution is 6.04. The zero-order valence-corrected chi connectivity index (χ0v) is 20.3. The molecule has 35 heavy (non-hydrogen) atoms. The van der Waals surface area contributed by atoms with Gasteiger partial charge in [0.05, 0.1) is 5.70 Å². The van der Waals surface area contributed by atoms with E-state index in [0.29, 0.717) is 18.2 Å². The summed E-state index contributed by atoms with van der Waals surface area (Å²) in [5, 5.41) is 9.11. The fourth-order valence-electron chi connectivity index (χ4n) is 5.27. The molecule has 3 aliphatic heterocycles. The maximum Gasteiger partial charge on any atom is 0.271 e. The molecular formula is C27H34N6O2. The standard InChI is InChI=1S/C27H34N6O2/c1-28-22-13-20(15-29-17-22)21-14-25(27(35)30-16-21)31-26(34)19-6-8-23(9-7-19)33-12-4-5-24(33)18-32-10-2-3-11-32/h6-9,13-14,16-17,24,28-29H,2-5,10-12,15,18H2,1H3,(H,30,35)(H,31,34)/t24-/m0/s1. The highest BCUT2D eigenvalue weighted by Crippen LogP contribution is 2.27. The number of carbonyl (C=O) groups excluding carboxylic acids is 1. The summed E-state index contributed by atoms with van der Waals surface area (Å²) in [6.07, 6.45) is 10.6. The largest absolute Gasteiger partial charge is 0.387 e. The Morgan fingerprint density at radius 2 is 1.91 bits per heavy atom. The molecular weight excluding hydrogens is 440 g/mol. The molecule has 2 saturated heterocycles. The number of likely N-dealkylation sites (tertiary alicyclic amines) is 1. The number of carbonyl (C=O) groups is 1. The topological polar surface area (TPSA) is 92.5 Å². The molecule has 1 atom stereocenters. The van der Waals surface area contributed by atoms with Crippen LogP contribution < -0.4 is 26.4 Å². The number of hydrogen-bond acceptors (Lipinski definition) is 6. The summed E-state index contributed by atoms with van der Waals surface area (Å²) in [6, 6.07) is 10.0. The number of anilines is 2. The van der Waals surface area contributed by atoms with Crippen LogP contribution in [0.4, 0.5) is 11.4 Å². The van der Waals surface area contributed by atoms with Crippen LogP contribution in [0.15, 0.2) is 59.3 Å². The Morgan fingerprint density at radius 3 is 2.69 bits per heavy atom. The van der Waals surface area contributed by atoms with Crippen molar-refractivity contribution in [1.82, 2.24) is 20.5 Å². The third kappa shape index (κ3) is 5.27. The number of dihydropyridines is 1. The first-order valence-corrected chi connectivity index (χ1v) is 12.6. The minimum atomic E-state index is -0.325. The van der Waals surface area contributed by atoms with Gasteiger partial charge in [0.1, 0.15) is 5.69 Å². The molecule has 0 spiro atoms. The van der Waals surface area contributed by atoms with Crippen molar-refractivity contribution in [2.75, 3.05) is 50.0 Å². The van der Waals surface area contributed by atoms with Gasteiger partial charge in [-0.2, -0.15) is 0 Å². The number of aromatic nitrogens is 1. The van der Waals surface area contributed by atoms with Crippen molar-refractivity contribution >= 4 is 22.9 Å². The molecule has 4 heterocycles. The second-order valence-electron chi connectivity index (χ2n) is 9.53. The van der Waals surface area contributed by atoms with Gasteiger partial charge >= 0.3 is 0 Å². The molecule has 0 aliphatic carbocycles. The minimum Gasteiger partial charge on any atom is -0.387 e. The molecule has 1 aromatic heterocycles. The lowest BCUT2D eigenvalue weighted by molar-refractivity contribution is 0.102. The zero-order valence-electron chi connectivity index (χ0n) is 20.3. The van der Waals surface area contributed by atoms with E-state index in [-0.39, 0.29) is 17.2 Å². The van der Waals surface area contributed by atoms with E-state index < -0.39 is 0 Å². The van der Waals surface area contributed by atoms with E-state index in [1.165, 1.54) is 38.8 Å². The minimum absolute atomic E-state index is 0.239. The number of rotatable bonds is 7. The molecule has 184 valence electrons. The van der Waals surface area contributed by atoms with E-state index in [1.54, 1.807) is 12.3 Å². The van der Waals surface area contributed by atoms with Crippen LogP contribution in [0.25, 0.3) is 5.57 Å². The lowest BCUT2D eigenvalue weighted by Gasteiger charge is -2.30. The van der Waals surface area contributed by atoms with Crippen LogP contribution in [0.5, 0.6) is 0 Å². The van der Waals surface area contributed by atoms with Crippen LogP contribution >= 0.6 is 0 Å². The Balaban J connectivity index is 1.27. The highest BCUT2D eigenvalue weighted by Gasteiger charge is 2.27. The third-order valence-corrected chi connectivity index (χ3v) is 7.20. The Labute approximate surface area is 206 Å². The molecule has 0 unspecified atom stereocenters. The monoisotopic (exact) mass is 474 g/mol. The van der Waals surface area contributed by atoms with Gasteiger partial charge in [0.2, 0.25) is 0 Å². The molecule has 0 radical (unpaired) electrons. The van der Waals surface area contributed by atoms with Crippen molar-refractivity contribution in [1.29, 1.82) is 0 Å². The average molecular weight is 475 g/mol. The second-order valence-corrected chi connectivity index (χ2v) is 9.53. The van der Waals surface area contributed by atoms with Crippen LogP contribution in [0, 0.1) is 0 Å². The predicted molar refractivity (Wildman–Crippen MR) is 141 cm³/mol. The van der Waals surface area contributed by atoms with Crippen LogP contribution in [0.1, 0.15) is 41.6 Å². The number of H-pyrrole nitrogens is 1. The van der Waals surface area contributed by atoms with Gasteiger partial charge in [-0.3, -0.25) is 9.59 Å². The van der Waals surface area contributed by atoms with Gasteiger partial charge in [0.15, 0.2) is 0 Å². The predicted octanol–water partition coefficient (Wildman–Crippen LogP) is 2.74. The molecule has 0 bridgehead atoms. The van der Waals surface area contributed by atoms with E-state index in [2.05, 4.69) is 30.7 Å². The third-order valence-electron chi connectivity index (χ3n) is 7.20. The van der Waals surface area contributed by atoms with Crippen LogP contribution in [-0.2, 0) is 0 Å². The number of aromatic amines is 1. The molecule has 8 nitrogen and oxygen atoms in total. The Bertz CT molecular complexity index is 1180. The van der Waals surface area contributed by atoms with Gasteiger partial charge in [0.25, 0.3) is 11.5 Å². The number of allylic oxidation sites excluding steroid dienone is 1. The summed E-state index contributed by atoms with van der Waals surface area (Å²) >= 11 is 0. The molecule has 2 fully saturated rings. The van der Waals surface area contributed by atoms with Gasteiger partial charge in [-0.15, -0.1) is 0 Å². The molecule has 5 rings (SSSR count). The van der Waals surface area contributed by atoms with E-state index in [4.69, 9.17) is 0 Å². The number of benzene rings is 1. The molecule has 2 aromatic rings. The SMILES string of the molecule is CNC1=CNCC(c2c[nH]c(=O)c(NC(=O)c3ccc(N4CCC[C@H]4CN4CCCC4)cc3)c2)=C1. The van der Waals surface area contributed by atoms with Crippen molar-refractivity contribution in [3.8, 4) is 0 Å². The first-order chi connectivity index (χ1) is 17.1. The summed E-state index contributed by atoms with van der Waals surface area (Å²) in [4.78, 5) is 33.2. The normalized spacial score (nSPS) is 20.3. The highest BCUT2D eigenvalue weighted by atomic mass is 16.2. The van der Waals surface area contributed by atoms with E-state index in [0.717, 1.165) is 35.6 Å².